The van der Waals surface area contributed by atoms with Crippen LogP contribution >= 0.6 is 34.5 Å². The third kappa shape index (κ3) is 3.22. The van der Waals surface area contributed by atoms with Crippen LogP contribution in [0.1, 0.15) is 16.5 Å². The van der Waals surface area contributed by atoms with Crippen molar-refractivity contribution in [1.29, 1.82) is 0 Å². The van der Waals surface area contributed by atoms with Gasteiger partial charge >= 0.3 is 0 Å². The maximum atomic E-state index is 13.2. The Balaban J connectivity index is 1.85. The monoisotopic (exact) mass is 340 g/mol. The SMILES string of the molecule is OC(Cc1ccc(Cl)c(Cl)c1)c1cc2cc(F)ccc2s1. The maximum absolute atomic E-state index is 13.2. The Labute approximate surface area is 135 Å². The second kappa shape index (κ2) is 5.93. The molecule has 5 heteroatoms. The summed E-state index contributed by atoms with van der Waals surface area (Å²) >= 11 is 13.3. The van der Waals surface area contributed by atoms with Crippen LogP contribution in [0, 0.1) is 5.82 Å². The molecule has 1 N–H and O–H groups in total. The lowest BCUT2D eigenvalue weighted by molar-refractivity contribution is 0.182. The standard InChI is InChI=1S/C16H11Cl2FOS/c17-12-3-1-9(5-13(12)18)6-14(20)16-8-10-7-11(19)2-4-15(10)21-16/h1-5,7-8,14,20H,6H2. The average Bonchev–Trinajstić information content (AvgIpc) is 2.86. The molecule has 0 fully saturated rings. The van der Waals surface area contributed by atoms with Crippen molar-refractivity contribution in [3.63, 3.8) is 0 Å². The molecule has 108 valence electrons. The van der Waals surface area contributed by atoms with E-state index in [1.165, 1.54) is 23.5 Å². The zero-order valence-electron chi connectivity index (χ0n) is 10.8. The third-order valence-corrected chi connectivity index (χ3v) is 5.20. The molecule has 0 saturated carbocycles. The first kappa shape index (κ1) is 14.8. The summed E-state index contributed by atoms with van der Waals surface area (Å²) < 4.78 is 14.1. The van der Waals surface area contributed by atoms with Crippen molar-refractivity contribution in [2.75, 3.05) is 0 Å². The second-order valence-electron chi connectivity index (χ2n) is 4.80. The molecule has 0 aliphatic heterocycles. The zero-order valence-corrected chi connectivity index (χ0v) is 13.1. The molecule has 0 aliphatic rings. The van der Waals surface area contributed by atoms with E-state index in [2.05, 4.69) is 0 Å². The van der Waals surface area contributed by atoms with Crippen LogP contribution in [0.4, 0.5) is 4.39 Å². The van der Waals surface area contributed by atoms with Crippen molar-refractivity contribution in [2.45, 2.75) is 12.5 Å². The fourth-order valence-corrected chi connectivity index (χ4v) is 3.54. The predicted molar refractivity (Wildman–Crippen MR) is 86.9 cm³/mol. The van der Waals surface area contributed by atoms with Crippen molar-refractivity contribution in [3.8, 4) is 0 Å². The smallest absolute Gasteiger partial charge is 0.123 e. The number of benzene rings is 2. The molecule has 3 rings (SSSR count). The van der Waals surface area contributed by atoms with Crippen molar-refractivity contribution in [3.05, 3.63) is 68.8 Å². The summed E-state index contributed by atoms with van der Waals surface area (Å²) in [5.41, 5.74) is 0.903. The fraction of sp³-hybridized carbons (Fsp3) is 0.125. The summed E-state index contributed by atoms with van der Waals surface area (Å²) in [6.07, 6.45) is -0.214. The van der Waals surface area contributed by atoms with Crippen molar-refractivity contribution >= 4 is 44.6 Å². The first-order chi connectivity index (χ1) is 10.0. The Morgan fingerprint density at radius 2 is 1.86 bits per heavy atom. The van der Waals surface area contributed by atoms with Gasteiger partial charge in [-0.25, -0.2) is 4.39 Å². The van der Waals surface area contributed by atoms with E-state index in [0.29, 0.717) is 16.5 Å². The van der Waals surface area contributed by atoms with Crippen LogP contribution < -0.4 is 0 Å². The number of rotatable bonds is 3. The summed E-state index contributed by atoms with van der Waals surface area (Å²) in [4.78, 5) is 0.807. The Morgan fingerprint density at radius 1 is 1.05 bits per heavy atom. The molecule has 21 heavy (non-hydrogen) atoms. The van der Waals surface area contributed by atoms with Gasteiger partial charge in [-0.2, -0.15) is 0 Å². The largest absolute Gasteiger partial charge is 0.387 e. The van der Waals surface area contributed by atoms with Crippen LogP contribution in [0.25, 0.3) is 10.1 Å². The van der Waals surface area contributed by atoms with E-state index in [1.54, 1.807) is 18.2 Å². The molecule has 0 amide bonds. The molecular formula is C16H11Cl2FOS. The minimum atomic E-state index is -0.650. The van der Waals surface area contributed by atoms with E-state index in [-0.39, 0.29) is 5.82 Å². The highest BCUT2D eigenvalue weighted by atomic mass is 35.5. The summed E-state index contributed by atoms with van der Waals surface area (Å²) in [5, 5.41) is 12.1. The van der Waals surface area contributed by atoms with E-state index in [1.807, 2.05) is 12.1 Å². The van der Waals surface area contributed by atoms with Gasteiger partial charge in [0.15, 0.2) is 0 Å². The summed E-state index contributed by atoms with van der Waals surface area (Å²) in [6.45, 7) is 0. The first-order valence-electron chi connectivity index (χ1n) is 6.34. The van der Waals surface area contributed by atoms with Gasteiger partial charge in [-0.15, -0.1) is 11.3 Å². The Hall–Kier alpha value is -1.13. The van der Waals surface area contributed by atoms with Crippen molar-refractivity contribution < 1.29 is 9.50 Å². The van der Waals surface area contributed by atoms with E-state index in [9.17, 15) is 9.50 Å². The zero-order chi connectivity index (χ0) is 15.0. The van der Waals surface area contributed by atoms with E-state index >= 15 is 0 Å². The minimum absolute atomic E-state index is 0.272. The van der Waals surface area contributed by atoms with Crippen LogP contribution in [-0.2, 0) is 6.42 Å². The molecule has 1 aromatic heterocycles. The molecular weight excluding hydrogens is 330 g/mol. The highest BCUT2D eigenvalue weighted by Crippen LogP contribution is 2.32. The van der Waals surface area contributed by atoms with Gasteiger partial charge < -0.3 is 5.11 Å². The van der Waals surface area contributed by atoms with Crippen LogP contribution in [-0.4, -0.2) is 5.11 Å². The summed E-state index contributed by atoms with van der Waals surface area (Å²) in [5.74, 6) is -0.272. The third-order valence-electron chi connectivity index (χ3n) is 3.24. The van der Waals surface area contributed by atoms with E-state index < -0.39 is 6.10 Å². The minimum Gasteiger partial charge on any atom is -0.387 e. The molecule has 1 atom stereocenters. The average molecular weight is 341 g/mol. The van der Waals surface area contributed by atoms with Gasteiger partial charge in [-0.3, -0.25) is 0 Å². The van der Waals surface area contributed by atoms with Crippen molar-refractivity contribution in [1.82, 2.24) is 0 Å². The molecule has 0 bridgehead atoms. The molecule has 2 aromatic carbocycles. The summed E-state index contributed by atoms with van der Waals surface area (Å²) in [7, 11) is 0. The van der Waals surface area contributed by atoms with Gasteiger partial charge in [0, 0.05) is 16.0 Å². The number of aliphatic hydroxyl groups is 1. The van der Waals surface area contributed by atoms with E-state index in [0.717, 1.165) is 20.5 Å². The Bertz CT molecular complexity index is 800. The second-order valence-corrected chi connectivity index (χ2v) is 6.73. The number of halogens is 3. The summed E-state index contributed by atoms with van der Waals surface area (Å²) in [6, 6.07) is 11.8. The van der Waals surface area contributed by atoms with Crippen LogP contribution in [0.2, 0.25) is 10.0 Å². The maximum Gasteiger partial charge on any atom is 0.123 e. The molecule has 1 heterocycles. The van der Waals surface area contributed by atoms with Gasteiger partial charge in [0.1, 0.15) is 5.82 Å². The fourth-order valence-electron chi connectivity index (χ4n) is 2.19. The lowest BCUT2D eigenvalue weighted by Crippen LogP contribution is -1.99. The topological polar surface area (TPSA) is 20.2 Å². The molecule has 1 unspecified atom stereocenters. The molecule has 0 aliphatic carbocycles. The van der Waals surface area contributed by atoms with Gasteiger partial charge in [-0.05, 0) is 47.3 Å². The van der Waals surface area contributed by atoms with Gasteiger partial charge in [0.2, 0.25) is 0 Å². The number of thiophene rings is 1. The molecule has 0 saturated heterocycles. The lowest BCUT2D eigenvalue weighted by atomic mass is 10.1. The highest BCUT2D eigenvalue weighted by molar-refractivity contribution is 7.19. The van der Waals surface area contributed by atoms with E-state index in [4.69, 9.17) is 23.2 Å². The van der Waals surface area contributed by atoms with Crippen LogP contribution in [0.3, 0.4) is 0 Å². The number of aliphatic hydroxyl groups excluding tert-OH is 1. The normalized spacial score (nSPS) is 12.8. The van der Waals surface area contributed by atoms with Crippen molar-refractivity contribution in [2.24, 2.45) is 0 Å². The van der Waals surface area contributed by atoms with Gasteiger partial charge in [0.25, 0.3) is 0 Å². The number of hydrogen-bond acceptors (Lipinski definition) is 2. The van der Waals surface area contributed by atoms with Gasteiger partial charge in [-0.1, -0.05) is 29.3 Å². The van der Waals surface area contributed by atoms with Crippen LogP contribution in [0.5, 0.6) is 0 Å². The molecule has 3 aromatic rings. The first-order valence-corrected chi connectivity index (χ1v) is 7.91. The molecule has 0 spiro atoms. The number of fused-ring (bicyclic) bond motifs is 1. The quantitative estimate of drug-likeness (QED) is 0.655. The van der Waals surface area contributed by atoms with Crippen LogP contribution in [0.15, 0.2) is 42.5 Å². The molecule has 1 nitrogen and oxygen atoms in total. The Kier molecular flexibility index (Phi) is 4.18. The lowest BCUT2D eigenvalue weighted by Gasteiger charge is -2.09. The highest BCUT2D eigenvalue weighted by Gasteiger charge is 2.13. The number of hydrogen-bond donors (Lipinski definition) is 1. The molecule has 0 radical (unpaired) electrons. The Morgan fingerprint density at radius 3 is 2.62 bits per heavy atom. The van der Waals surface area contributed by atoms with Gasteiger partial charge in [0.05, 0.1) is 16.1 Å². The predicted octanol–water partition coefficient (Wildman–Crippen LogP) is 5.62.